The van der Waals surface area contributed by atoms with E-state index in [1.54, 1.807) is 28.9 Å². The van der Waals surface area contributed by atoms with Crippen molar-refractivity contribution in [3.8, 4) is 5.75 Å². The number of nitrogens with two attached hydrogens (primary N) is 1. The van der Waals surface area contributed by atoms with Crippen molar-refractivity contribution in [3.63, 3.8) is 0 Å². The van der Waals surface area contributed by atoms with Crippen LogP contribution in [0.4, 0.5) is 18.9 Å². The molecule has 0 fully saturated rings. The summed E-state index contributed by atoms with van der Waals surface area (Å²) < 4.78 is 44.7. The van der Waals surface area contributed by atoms with Crippen LogP contribution in [-0.4, -0.2) is 9.38 Å². The largest absolute Gasteiger partial charge is 0.487 e. The zero-order valence-electron chi connectivity index (χ0n) is 11.3. The van der Waals surface area contributed by atoms with Gasteiger partial charge in [0.05, 0.1) is 23.1 Å². The minimum absolute atomic E-state index is 0.177. The number of hydrogen-bond acceptors (Lipinski definition) is 3. The standard InChI is InChI=1S/C15H12F3N3O/c16-15(17,18)10-3-5-12(6-4-10)22-9-11-8-20-14-13(19)2-1-7-21(11)14/h1-8H,9,19H2. The van der Waals surface area contributed by atoms with Gasteiger partial charge in [0.15, 0.2) is 5.65 Å². The van der Waals surface area contributed by atoms with E-state index in [2.05, 4.69) is 4.98 Å². The van der Waals surface area contributed by atoms with Crippen molar-refractivity contribution in [2.24, 2.45) is 0 Å². The van der Waals surface area contributed by atoms with Gasteiger partial charge in [0.2, 0.25) is 0 Å². The van der Waals surface area contributed by atoms with Crippen molar-refractivity contribution in [1.82, 2.24) is 9.38 Å². The van der Waals surface area contributed by atoms with Crippen molar-refractivity contribution in [2.45, 2.75) is 12.8 Å². The number of imidazole rings is 1. The number of fused-ring (bicyclic) bond motifs is 1. The maximum Gasteiger partial charge on any atom is 0.416 e. The number of pyridine rings is 1. The van der Waals surface area contributed by atoms with Crippen LogP contribution in [0, 0.1) is 0 Å². The number of alkyl halides is 3. The van der Waals surface area contributed by atoms with Gasteiger partial charge in [-0.05, 0) is 36.4 Å². The van der Waals surface area contributed by atoms with E-state index < -0.39 is 11.7 Å². The molecular weight excluding hydrogens is 295 g/mol. The van der Waals surface area contributed by atoms with Gasteiger partial charge >= 0.3 is 6.18 Å². The third-order valence-electron chi connectivity index (χ3n) is 3.21. The molecule has 22 heavy (non-hydrogen) atoms. The first-order valence-corrected chi connectivity index (χ1v) is 6.45. The van der Waals surface area contributed by atoms with Crippen LogP contribution < -0.4 is 10.5 Å². The Morgan fingerprint density at radius 3 is 2.55 bits per heavy atom. The highest BCUT2D eigenvalue weighted by molar-refractivity contribution is 5.64. The van der Waals surface area contributed by atoms with E-state index in [1.807, 2.05) is 0 Å². The maximum absolute atomic E-state index is 12.5. The fourth-order valence-corrected chi connectivity index (χ4v) is 2.09. The Balaban J connectivity index is 1.75. The Morgan fingerprint density at radius 2 is 1.86 bits per heavy atom. The lowest BCUT2D eigenvalue weighted by atomic mass is 10.2. The fourth-order valence-electron chi connectivity index (χ4n) is 2.09. The van der Waals surface area contributed by atoms with Gasteiger partial charge in [0.25, 0.3) is 0 Å². The molecule has 3 aromatic rings. The molecule has 0 aliphatic heterocycles. The van der Waals surface area contributed by atoms with Crippen molar-refractivity contribution in [2.75, 3.05) is 5.73 Å². The van der Waals surface area contributed by atoms with Crippen LogP contribution >= 0.6 is 0 Å². The average molecular weight is 307 g/mol. The topological polar surface area (TPSA) is 52.5 Å². The van der Waals surface area contributed by atoms with Crippen molar-refractivity contribution >= 4 is 11.3 Å². The predicted octanol–water partition coefficient (Wildman–Crippen LogP) is 3.51. The summed E-state index contributed by atoms with van der Waals surface area (Å²) in [4.78, 5) is 4.19. The number of ether oxygens (including phenoxy) is 1. The zero-order valence-corrected chi connectivity index (χ0v) is 11.3. The average Bonchev–Trinajstić information content (AvgIpc) is 2.89. The molecule has 1 aromatic carbocycles. The molecule has 0 amide bonds. The number of hydrogen-bond donors (Lipinski definition) is 1. The molecule has 0 unspecified atom stereocenters. The molecule has 0 atom stereocenters. The third-order valence-corrected chi connectivity index (χ3v) is 3.21. The Hall–Kier alpha value is -2.70. The van der Waals surface area contributed by atoms with Crippen LogP contribution in [0.25, 0.3) is 5.65 Å². The summed E-state index contributed by atoms with van der Waals surface area (Å²) in [6, 6.07) is 8.08. The van der Waals surface area contributed by atoms with Crippen LogP contribution in [0.2, 0.25) is 0 Å². The molecule has 2 aromatic heterocycles. The normalized spacial score (nSPS) is 11.8. The molecule has 4 nitrogen and oxygen atoms in total. The first-order chi connectivity index (χ1) is 10.4. The van der Waals surface area contributed by atoms with E-state index in [1.165, 1.54) is 12.1 Å². The summed E-state index contributed by atoms with van der Waals surface area (Å²) in [6.45, 7) is 0.177. The Bertz CT molecular complexity index is 794. The van der Waals surface area contributed by atoms with Crippen molar-refractivity contribution < 1.29 is 17.9 Å². The highest BCUT2D eigenvalue weighted by atomic mass is 19.4. The molecule has 0 saturated carbocycles. The van der Waals surface area contributed by atoms with Gasteiger partial charge < -0.3 is 10.5 Å². The highest BCUT2D eigenvalue weighted by Crippen LogP contribution is 2.30. The summed E-state index contributed by atoms with van der Waals surface area (Å²) >= 11 is 0. The van der Waals surface area contributed by atoms with Crippen LogP contribution in [0.1, 0.15) is 11.3 Å². The van der Waals surface area contributed by atoms with Gasteiger partial charge in [-0.2, -0.15) is 13.2 Å². The molecule has 114 valence electrons. The first-order valence-electron chi connectivity index (χ1n) is 6.45. The smallest absolute Gasteiger partial charge is 0.416 e. The molecule has 0 aliphatic carbocycles. The second kappa shape index (κ2) is 5.25. The molecule has 0 bridgehead atoms. The van der Waals surface area contributed by atoms with Gasteiger partial charge in [-0.25, -0.2) is 4.98 Å². The first kappa shape index (κ1) is 14.2. The molecule has 3 rings (SSSR count). The number of aromatic nitrogens is 2. The van der Waals surface area contributed by atoms with Gasteiger partial charge in [-0.1, -0.05) is 0 Å². The predicted molar refractivity (Wildman–Crippen MR) is 75.4 cm³/mol. The Labute approximate surface area is 124 Å². The minimum atomic E-state index is -4.35. The summed E-state index contributed by atoms with van der Waals surface area (Å²) in [6.07, 6.45) is -0.933. The quantitative estimate of drug-likeness (QED) is 0.805. The SMILES string of the molecule is Nc1cccn2c(COc3ccc(C(F)(F)F)cc3)cnc12. The zero-order chi connectivity index (χ0) is 15.7. The Kier molecular flexibility index (Phi) is 3.40. The van der Waals surface area contributed by atoms with E-state index >= 15 is 0 Å². The third kappa shape index (κ3) is 2.69. The number of nitrogens with zero attached hydrogens (tertiary/aromatic N) is 2. The van der Waals surface area contributed by atoms with Crippen molar-refractivity contribution in [3.05, 3.63) is 60.0 Å². The summed E-state index contributed by atoms with van der Waals surface area (Å²) in [7, 11) is 0. The Morgan fingerprint density at radius 1 is 1.14 bits per heavy atom. The van der Waals surface area contributed by atoms with Crippen LogP contribution in [-0.2, 0) is 12.8 Å². The van der Waals surface area contributed by atoms with E-state index in [4.69, 9.17) is 10.5 Å². The van der Waals surface area contributed by atoms with Gasteiger partial charge in [0.1, 0.15) is 12.4 Å². The van der Waals surface area contributed by atoms with E-state index in [9.17, 15) is 13.2 Å². The second-order valence-electron chi connectivity index (χ2n) is 4.72. The molecular formula is C15H12F3N3O. The highest BCUT2D eigenvalue weighted by Gasteiger charge is 2.30. The lowest BCUT2D eigenvalue weighted by molar-refractivity contribution is -0.137. The molecule has 0 radical (unpaired) electrons. The van der Waals surface area contributed by atoms with Gasteiger partial charge in [0, 0.05) is 6.20 Å². The monoisotopic (exact) mass is 307 g/mol. The number of rotatable bonds is 3. The van der Waals surface area contributed by atoms with E-state index in [-0.39, 0.29) is 6.61 Å². The summed E-state index contributed by atoms with van der Waals surface area (Å²) in [5.41, 5.74) is 7.01. The summed E-state index contributed by atoms with van der Waals surface area (Å²) in [5.74, 6) is 0.354. The number of halogens is 3. The molecule has 2 N–H and O–H groups in total. The van der Waals surface area contributed by atoms with Crippen LogP contribution in [0.3, 0.4) is 0 Å². The van der Waals surface area contributed by atoms with E-state index in [0.29, 0.717) is 17.1 Å². The lowest BCUT2D eigenvalue weighted by Crippen LogP contribution is -2.05. The molecule has 0 saturated heterocycles. The molecule has 0 spiro atoms. The summed E-state index contributed by atoms with van der Waals surface area (Å²) in [5, 5.41) is 0. The minimum Gasteiger partial charge on any atom is -0.487 e. The van der Waals surface area contributed by atoms with Crippen LogP contribution in [0.15, 0.2) is 48.8 Å². The van der Waals surface area contributed by atoms with E-state index in [0.717, 1.165) is 17.8 Å². The number of benzene rings is 1. The molecule has 2 heterocycles. The number of nitrogen functional groups attached to an aromatic ring is 1. The van der Waals surface area contributed by atoms with Gasteiger partial charge in [-0.3, -0.25) is 4.40 Å². The lowest BCUT2D eigenvalue weighted by Gasteiger charge is -2.09. The van der Waals surface area contributed by atoms with Gasteiger partial charge in [-0.15, -0.1) is 0 Å². The number of anilines is 1. The molecule has 7 heteroatoms. The maximum atomic E-state index is 12.5. The van der Waals surface area contributed by atoms with Crippen LogP contribution in [0.5, 0.6) is 5.75 Å². The van der Waals surface area contributed by atoms with Crippen molar-refractivity contribution in [1.29, 1.82) is 0 Å². The fraction of sp³-hybridized carbons (Fsp3) is 0.133. The second-order valence-corrected chi connectivity index (χ2v) is 4.72. The molecule has 0 aliphatic rings.